The average molecular weight is 244 g/mol. The molecule has 96 valence electrons. The van der Waals surface area contributed by atoms with E-state index >= 15 is 0 Å². The van der Waals surface area contributed by atoms with Crippen molar-refractivity contribution in [3.63, 3.8) is 0 Å². The summed E-state index contributed by atoms with van der Waals surface area (Å²) < 4.78 is 0. The summed E-state index contributed by atoms with van der Waals surface area (Å²) in [5.41, 5.74) is 2.46. The van der Waals surface area contributed by atoms with Gasteiger partial charge in [-0.1, -0.05) is 12.1 Å². The van der Waals surface area contributed by atoms with Gasteiger partial charge >= 0.3 is 0 Å². The highest BCUT2D eigenvalue weighted by Gasteiger charge is 2.15. The molecule has 2 heterocycles. The first kappa shape index (κ1) is 11.4. The van der Waals surface area contributed by atoms with Crippen molar-refractivity contribution in [2.24, 2.45) is 4.99 Å². The quantitative estimate of drug-likeness (QED) is 0.836. The van der Waals surface area contributed by atoms with Crippen molar-refractivity contribution < 1.29 is 0 Å². The summed E-state index contributed by atoms with van der Waals surface area (Å²) in [5.74, 6) is 0.902. The van der Waals surface area contributed by atoms with Crippen LogP contribution in [-0.2, 0) is 0 Å². The Balaban J connectivity index is 1.79. The van der Waals surface area contributed by atoms with E-state index in [0.29, 0.717) is 0 Å². The second-order valence-electron chi connectivity index (χ2n) is 4.85. The van der Waals surface area contributed by atoms with Gasteiger partial charge in [-0.05, 0) is 31.4 Å². The van der Waals surface area contributed by atoms with Crippen LogP contribution in [0.4, 0.5) is 11.4 Å². The van der Waals surface area contributed by atoms with Crippen molar-refractivity contribution in [2.75, 3.05) is 36.4 Å². The van der Waals surface area contributed by atoms with Crippen LogP contribution in [0.15, 0.2) is 29.3 Å². The molecule has 1 aromatic rings. The molecule has 0 aliphatic carbocycles. The maximum Gasteiger partial charge on any atom is 0.195 e. The first-order valence-corrected chi connectivity index (χ1v) is 6.83. The number of aliphatic imine (C=N–C) groups is 1. The van der Waals surface area contributed by atoms with Crippen LogP contribution in [0, 0.1) is 0 Å². The lowest BCUT2D eigenvalue weighted by molar-refractivity contribution is 0.578. The van der Waals surface area contributed by atoms with Crippen molar-refractivity contribution in [1.29, 1.82) is 0 Å². The number of nitrogens with one attached hydrogen (secondary N) is 2. The summed E-state index contributed by atoms with van der Waals surface area (Å²) in [5, 5.41) is 6.66. The standard InChI is InChI=1S/C14H20N4/c1-4-10-18(11-5-1)13-7-3-2-6-12(13)17-14-15-8-9-16-14/h2-3,6-7H,1,4-5,8-11H2,(H2,15,16,17). The van der Waals surface area contributed by atoms with Crippen LogP contribution in [0.5, 0.6) is 0 Å². The molecule has 1 saturated heterocycles. The Labute approximate surface area is 108 Å². The molecule has 0 amide bonds. The fraction of sp³-hybridized carbons (Fsp3) is 0.500. The fourth-order valence-corrected chi connectivity index (χ4v) is 2.60. The topological polar surface area (TPSA) is 39.7 Å². The number of guanidine groups is 1. The minimum atomic E-state index is 0.869. The number of rotatable bonds is 2. The lowest BCUT2D eigenvalue weighted by Crippen LogP contribution is -2.31. The molecule has 2 aliphatic rings. The van der Waals surface area contributed by atoms with E-state index in [1.54, 1.807) is 0 Å². The SMILES string of the molecule is c1ccc(N2CCCCC2)c(NC2=NCCN2)c1. The van der Waals surface area contributed by atoms with Crippen LogP contribution in [-0.4, -0.2) is 32.1 Å². The molecular formula is C14H20N4. The molecule has 18 heavy (non-hydrogen) atoms. The zero-order valence-corrected chi connectivity index (χ0v) is 10.7. The first-order chi connectivity index (χ1) is 8.93. The van der Waals surface area contributed by atoms with E-state index in [-0.39, 0.29) is 0 Å². The van der Waals surface area contributed by atoms with Crippen LogP contribution >= 0.6 is 0 Å². The van der Waals surface area contributed by atoms with Crippen LogP contribution in [0.1, 0.15) is 19.3 Å². The Hall–Kier alpha value is -1.71. The molecule has 0 radical (unpaired) electrons. The van der Waals surface area contributed by atoms with Crippen molar-refractivity contribution >= 4 is 17.3 Å². The van der Waals surface area contributed by atoms with Crippen LogP contribution < -0.4 is 15.5 Å². The van der Waals surface area contributed by atoms with Gasteiger partial charge in [0.15, 0.2) is 5.96 Å². The maximum absolute atomic E-state index is 4.39. The molecule has 0 atom stereocenters. The highest BCUT2D eigenvalue weighted by Crippen LogP contribution is 2.28. The van der Waals surface area contributed by atoms with Crippen molar-refractivity contribution in [2.45, 2.75) is 19.3 Å². The predicted molar refractivity (Wildman–Crippen MR) is 76.4 cm³/mol. The van der Waals surface area contributed by atoms with Crippen molar-refractivity contribution in [1.82, 2.24) is 5.32 Å². The highest BCUT2D eigenvalue weighted by atomic mass is 15.2. The van der Waals surface area contributed by atoms with E-state index in [1.807, 2.05) is 0 Å². The van der Waals surface area contributed by atoms with E-state index < -0.39 is 0 Å². The van der Waals surface area contributed by atoms with Crippen LogP contribution in [0.25, 0.3) is 0 Å². The molecule has 2 aliphatic heterocycles. The number of nitrogens with zero attached hydrogens (tertiary/aromatic N) is 2. The van der Waals surface area contributed by atoms with Gasteiger partial charge in [0.25, 0.3) is 0 Å². The van der Waals surface area contributed by atoms with Gasteiger partial charge in [-0.2, -0.15) is 0 Å². The van der Waals surface area contributed by atoms with Gasteiger partial charge in [0.2, 0.25) is 0 Å². The van der Waals surface area contributed by atoms with Gasteiger partial charge < -0.3 is 15.5 Å². The third kappa shape index (κ3) is 2.42. The molecule has 1 fully saturated rings. The average Bonchev–Trinajstić information content (AvgIpc) is 2.93. The molecule has 0 unspecified atom stereocenters. The number of hydrogen-bond donors (Lipinski definition) is 2. The first-order valence-electron chi connectivity index (χ1n) is 6.83. The van der Waals surface area contributed by atoms with E-state index in [4.69, 9.17) is 0 Å². The molecular weight excluding hydrogens is 224 g/mol. The smallest absolute Gasteiger partial charge is 0.195 e. The Bertz CT molecular complexity index is 435. The van der Waals surface area contributed by atoms with Gasteiger partial charge in [-0.25, -0.2) is 0 Å². The molecule has 4 nitrogen and oxygen atoms in total. The third-order valence-electron chi connectivity index (χ3n) is 3.53. The lowest BCUT2D eigenvalue weighted by Gasteiger charge is -2.30. The Morgan fingerprint density at radius 1 is 1.11 bits per heavy atom. The van der Waals surface area contributed by atoms with Gasteiger partial charge in [-0.3, -0.25) is 4.99 Å². The fourth-order valence-electron chi connectivity index (χ4n) is 2.60. The van der Waals surface area contributed by atoms with E-state index in [0.717, 1.165) is 24.7 Å². The van der Waals surface area contributed by atoms with Gasteiger partial charge in [0.1, 0.15) is 0 Å². The van der Waals surface area contributed by atoms with Gasteiger partial charge in [0.05, 0.1) is 17.9 Å². The van der Waals surface area contributed by atoms with E-state index in [9.17, 15) is 0 Å². The van der Waals surface area contributed by atoms with Crippen molar-refractivity contribution in [3.05, 3.63) is 24.3 Å². The van der Waals surface area contributed by atoms with Gasteiger partial charge in [-0.15, -0.1) is 0 Å². The second-order valence-corrected chi connectivity index (χ2v) is 4.85. The Morgan fingerprint density at radius 2 is 1.94 bits per heavy atom. The normalized spacial score (nSPS) is 19.3. The molecule has 2 N–H and O–H groups in total. The summed E-state index contributed by atoms with van der Waals surface area (Å²) in [6.45, 7) is 4.14. The number of anilines is 2. The van der Waals surface area contributed by atoms with E-state index in [2.05, 4.69) is 44.8 Å². The monoisotopic (exact) mass is 244 g/mol. The molecule has 4 heteroatoms. The van der Waals surface area contributed by atoms with Gasteiger partial charge in [0, 0.05) is 19.6 Å². The van der Waals surface area contributed by atoms with Crippen LogP contribution in [0.3, 0.4) is 0 Å². The molecule has 3 rings (SSSR count). The number of hydrogen-bond acceptors (Lipinski definition) is 4. The summed E-state index contributed by atoms with van der Waals surface area (Å²) in [4.78, 5) is 6.87. The maximum atomic E-state index is 4.39. The summed E-state index contributed by atoms with van der Waals surface area (Å²) in [6.07, 6.45) is 3.96. The number of para-hydroxylation sites is 2. The molecule has 0 bridgehead atoms. The zero-order chi connectivity index (χ0) is 12.2. The predicted octanol–water partition coefficient (Wildman–Crippen LogP) is 2.05. The highest BCUT2D eigenvalue weighted by molar-refractivity contribution is 5.97. The minimum Gasteiger partial charge on any atom is -0.370 e. The zero-order valence-electron chi connectivity index (χ0n) is 10.7. The molecule has 0 spiro atoms. The largest absolute Gasteiger partial charge is 0.370 e. The third-order valence-corrected chi connectivity index (χ3v) is 3.53. The summed E-state index contributed by atoms with van der Waals surface area (Å²) in [7, 11) is 0. The minimum absolute atomic E-state index is 0.869. The van der Waals surface area contributed by atoms with E-state index in [1.165, 1.54) is 38.0 Å². The number of piperidine rings is 1. The molecule has 0 aromatic heterocycles. The van der Waals surface area contributed by atoms with Crippen molar-refractivity contribution in [3.8, 4) is 0 Å². The van der Waals surface area contributed by atoms with Crippen LogP contribution in [0.2, 0.25) is 0 Å². The summed E-state index contributed by atoms with van der Waals surface area (Å²) in [6, 6.07) is 8.51. The molecule has 1 aromatic carbocycles. The summed E-state index contributed by atoms with van der Waals surface area (Å²) >= 11 is 0. The second kappa shape index (κ2) is 5.29. The number of benzene rings is 1. The Kier molecular flexibility index (Phi) is 3.35. The molecule has 0 saturated carbocycles. The Morgan fingerprint density at radius 3 is 2.72 bits per heavy atom. The lowest BCUT2D eigenvalue weighted by atomic mass is 10.1.